The first kappa shape index (κ1) is 12.4. The predicted molar refractivity (Wildman–Crippen MR) is 67.3 cm³/mol. The molecule has 2 saturated carbocycles. The Labute approximate surface area is 99.8 Å². The van der Waals surface area contributed by atoms with Gasteiger partial charge in [-0.3, -0.25) is 0 Å². The lowest BCUT2D eigenvalue weighted by molar-refractivity contribution is 0.116. The molecular weight excluding hydrogens is 198 g/mol. The largest absolute Gasteiger partial charge is 0.394 e. The van der Waals surface area contributed by atoms with Crippen molar-refractivity contribution in [1.82, 2.24) is 5.32 Å². The van der Waals surface area contributed by atoms with Crippen molar-refractivity contribution in [3.63, 3.8) is 0 Å². The summed E-state index contributed by atoms with van der Waals surface area (Å²) in [5.74, 6) is 2.39. The molecule has 0 saturated heterocycles. The molecule has 3 atom stereocenters. The van der Waals surface area contributed by atoms with Gasteiger partial charge in [-0.05, 0) is 56.8 Å². The highest BCUT2D eigenvalue weighted by molar-refractivity contribution is 4.99. The van der Waals surface area contributed by atoms with Gasteiger partial charge in [0.25, 0.3) is 0 Å². The normalized spacial score (nSPS) is 39.4. The first-order valence-electron chi connectivity index (χ1n) is 6.92. The third kappa shape index (κ3) is 2.78. The average Bonchev–Trinajstić information content (AvgIpc) is 2.98. The van der Waals surface area contributed by atoms with Crippen LogP contribution in [0.25, 0.3) is 0 Å². The van der Waals surface area contributed by atoms with Crippen molar-refractivity contribution in [2.45, 2.75) is 64.5 Å². The Bertz CT molecular complexity index is 229. The molecule has 94 valence electrons. The van der Waals surface area contributed by atoms with E-state index >= 15 is 0 Å². The van der Waals surface area contributed by atoms with Crippen LogP contribution in [0.3, 0.4) is 0 Å². The first-order valence-corrected chi connectivity index (χ1v) is 6.92. The van der Waals surface area contributed by atoms with Gasteiger partial charge in [-0.25, -0.2) is 0 Å². The van der Waals surface area contributed by atoms with Gasteiger partial charge in [0, 0.05) is 11.6 Å². The molecule has 2 rings (SSSR count). The molecule has 0 aromatic carbocycles. The highest BCUT2D eigenvalue weighted by Crippen LogP contribution is 2.40. The van der Waals surface area contributed by atoms with Crippen LogP contribution in [0.15, 0.2) is 0 Å². The summed E-state index contributed by atoms with van der Waals surface area (Å²) < 4.78 is 0. The summed E-state index contributed by atoms with van der Waals surface area (Å²) >= 11 is 0. The van der Waals surface area contributed by atoms with Crippen LogP contribution < -0.4 is 5.32 Å². The molecule has 0 heterocycles. The maximum Gasteiger partial charge on any atom is 0.0613 e. The number of rotatable bonds is 4. The summed E-state index contributed by atoms with van der Waals surface area (Å²) in [4.78, 5) is 0. The van der Waals surface area contributed by atoms with Crippen molar-refractivity contribution >= 4 is 0 Å². The van der Waals surface area contributed by atoms with Gasteiger partial charge in [0.05, 0.1) is 6.61 Å². The fraction of sp³-hybridized carbons (Fsp3) is 1.00. The molecule has 3 unspecified atom stereocenters. The van der Waals surface area contributed by atoms with E-state index in [1.807, 2.05) is 0 Å². The second-order valence-corrected chi connectivity index (χ2v) is 6.61. The lowest BCUT2D eigenvalue weighted by Gasteiger charge is -2.39. The molecule has 2 aliphatic carbocycles. The van der Waals surface area contributed by atoms with E-state index in [-0.39, 0.29) is 12.1 Å². The Balaban J connectivity index is 1.92. The van der Waals surface area contributed by atoms with Crippen molar-refractivity contribution in [2.24, 2.45) is 17.8 Å². The van der Waals surface area contributed by atoms with E-state index in [0.717, 1.165) is 11.8 Å². The Hall–Kier alpha value is -0.0800. The molecule has 2 N–H and O–H groups in total. The molecule has 2 nitrogen and oxygen atoms in total. The molecule has 0 amide bonds. The summed E-state index contributed by atoms with van der Waals surface area (Å²) in [6.45, 7) is 7.21. The SMILES string of the molecule is CC1CC(C)CC(NC(C)(CO)C2CC2)C1. The molecule has 0 aromatic heterocycles. The number of hydrogen-bond donors (Lipinski definition) is 2. The molecule has 0 bridgehead atoms. The topological polar surface area (TPSA) is 32.3 Å². The van der Waals surface area contributed by atoms with Gasteiger partial charge in [0.2, 0.25) is 0 Å². The van der Waals surface area contributed by atoms with Crippen molar-refractivity contribution in [2.75, 3.05) is 6.61 Å². The molecule has 0 aliphatic heterocycles. The van der Waals surface area contributed by atoms with Crippen molar-refractivity contribution in [3.05, 3.63) is 0 Å². The van der Waals surface area contributed by atoms with Gasteiger partial charge in [0.15, 0.2) is 0 Å². The van der Waals surface area contributed by atoms with Crippen LogP contribution in [-0.4, -0.2) is 23.3 Å². The van der Waals surface area contributed by atoms with E-state index < -0.39 is 0 Å². The van der Waals surface area contributed by atoms with E-state index in [1.54, 1.807) is 0 Å². The van der Waals surface area contributed by atoms with Crippen molar-refractivity contribution in [1.29, 1.82) is 0 Å². The van der Waals surface area contributed by atoms with Crippen molar-refractivity contribution < 1.29 is 5.11 Å². The Morgan fingerprint density at radius 2 is 1.69 bits per heavy atom. The van der Waals surface area contributed by atoms with E-state index in [2.05, 4.69) is 26.1 Å². The van der Waals surface area contributed by atoms with Gasteiger partial charge >= 0.3 is 0 Å². The van der Waals surface area contributed by atoms with Crippen LogP contribution in [0.5, 0.6) is 0 Å². The number of hydrogen-bond acceptors (Lipinski definition) is 2. The standard InChI is InChI=1S/C14H27NO/c1-10-6-11(2)8-13(7-10)15-14(3,9-16)12-4-5-12/h10-13,15-16H,4-9H2,1-3H3. The maximum atomic E-state index is 9.60. The molecule has 2 aliphatic rings. The van der Waals surface area contributed by atoms with Gasteiger partial charge in [-0.1, -0.05) is 13.8 Å². The smallest absolute Gasteiger partial charge is 0.0613 e. The van der Waals surface area contributed by atoms with Gasteiger partial charge in [-0.2, -0.15) is 0 Å². The van der Waals surface area contributed by atoms with Crippen LogP contribution in [0.4, 0.5) is 0 Å². The van der Waals surface area contributed by atoms with Gasteiger partial charge in [0.1, 0.15) is 0 Å². The number of aliphatic hydroxyl groups excluding tert-OH is 1. The highest BCUT2D eigenvalue weighted by Gasteiger charge is 2.42. The van der Waals surface area contributed by atoms with Crippen LogP contribution in [0.1, 0.15) is 52.9 Å². The molecule has 16 heavy (non-hydrogen) atoms. The maximum absolute atomic E-state index is 9.60. The number of aliphatic hydroxyl groups is 1. The fourth-order valence-electron chi connectivity index (χ4n) is 3.54. The van der Waals surface area contributed by atoms with Crippen molar-refractivity contribution in [3.8, 4) is 0 Å². The first-order chi connectivity index (χ1) is 7.53. The van der Waals surface area contributed by atoms with E-state index in [4.69, 9.17) is 0 Å². The second kappa shape index (κ2) is 4.66. The minimum absolute atomic E-state index is 0.0125. The van der Waals surface area contributed by atoms with Gasteiger partial charge in [-0.15, -0.1) is 0 Å². The monoisotopic (exact) mass is 225 g/mol. The number of nitrogens with one attached hydrogen (secondary N) is 1. The molecule has 0 spiro atoms. The molecule has 2 heteroatoms. The summed E-state index contributed by atoms with van der Waals surface area (Å²) in [5, 5.41) is 13.4. The summed E-state index contributed by atoms with van der Waals surface area (Å²) in [7, 11) is 0. The van der Waals surface area contributed by atoms with E-state index in [1.165, 1.54) is 32.1 Å². The molecule has 2 fully saturated rings. The summed E-state index contributed by atoms with van der Waals surface area (Å²) in [6.07, 6.45) is 6.53. The van der Waals surface area contributed by atoms with Crippen LogP contribution in [-0.2, 0) is 0 Å². The summed E-state index contributed by atoms with van der Waals surface area (Å²) in [5.41, 5.74) is -0.0125. The fourth-order valence-corrected chi connectivity index (χ4v) is 3.54. The Kier molecular flexibility index (Phi) is 3.60. The molecule has 0 radical (unpaired) electrons. The summed E-state index contributed by atoms with van der Waals surface area (Å²) in [6, 6.07) is 0.622. The van der Waals surface area contributed by atoms with Gasteiger partial charge < -0.3 is 10.4 Å². The lowest BCUT2D eigenvalue weighted by atomic mass is 9.79. The van der Waals surface area contributed by atoms with E-state index in [9.17, 15) is 5.11 Å². The van der Waals surface area contributed by atoms with Crippen LogP contribution >= 0.6 is 0 Å². The van der Waals surface area contributed by atoms with Crippen LogP contribution in [0, 0.1) is 17.8 Å². The Morgan fingerprint density at radius 3 is 2.12 bits per heavy atom. The highest BCUT2D eigenvalue weighted by atomic mass is 16.3. The minimum Gasteiger partial charge on any atom is -0.394 e. The predicted octanol–water partition coefficient (Wildman–Crippen LogP) is 2.56. The minimum atomic E-state index is -0.0125. The molecular formula is C14H27NO. The lowest BCUT2D eigenvalue weighted by Crippen LogP contribution is -2.54. The quantitative estimate of drug-likeness (QED) is 0.770. The third-order valence-electron chi connectivity index (χ3n) is 4.52. The molecule has 0 aromatic rings. The Morgan fingerprint density at radius 1 is 1.12 bits per heavy atom. The average molecular weight is 225 g/mol. The second-order valence-electron chi connectivity index (χ2n) is 6.61. The van der Waals surface area contributed by atoms with E-state index in [0.29, 0.717) is 12.0 Å². The third-order valence-corrected chi connectivity index (χ3v) is 4.52. The zero-order valence-electron chi connectivity index (χ0n) is 11.0. The van der Waals surface area contributed by atoms with Crippen LogP contribution in [0.2, 0.25) is 0 Å². The zero-order valence-corrected chi connectivity index (χ0v) is 11.0. The zero-order chi connectivity index (χ0) is 11.8.